The van der Waals surface area contributed by atoms with Crippen molar-refractivity contribution < 1.29 is 14.3 Å². The Kier molecular flexibility index (Phi) is 6.24. The van der Waals surface area contributed by atoms with Gasteiger partial charge in [0.15, 0.2) is 5.78 Å². The van der Waals surface area contributed by atoms with E-state index >= 15 is 0 Å². The average molecular weight is 408 g/mol. The number of carbonyl (C=O) groups is 1. The van der Waals surface area contributed by atoms with Gasteiger partial charge < -0.3 is 14.4 Å². The van der Waals surface area contributed by atoms with E-state index in [-0.39, 0.29) is 17.3 Å². The van der Waals surface area contributed by atoms with E-state index in [4.69, 9.17) is 21.1 Å². The molecule has 1 aromatic carbocycles. The minimum absolute atomic E-state index is 0.0197. The smallest absolute Gasteiger partial charge is 0.192 e. The molecule has 1 fully saturated rings. The number of rotatable bonds is 5. The quantitative estimate of drug-likeness (QED) is 0.476. The van der Waals surface area contributed by atoms with Crippen molar-refractivity contribution in [3.8, 4) is 5.75 Å². The number of hydrogen-bond donors (Lipinski definition) is 0. The fourth-order valence-corrected chi connectivity index (χ4v) is 4.37. The summed E-state index contributed by atoms with van der Waals surface area (Å²) in [5, 5.41) is 1.43. The Morgan fingerprint density at radius 2 is 2.22 bits per heavy atom. The molecule has 1 atom stereocenters. The molecule has 6 heteroatoms. The Labute approximate surface area is 170 Å². The van der Waals surface area contributed by atoms with Crippen LogP contribution in [0.5, 0.6) is 5.75 Å². The lowest BCUT2D eigenvalue weighted by molar-refractivity contribution is 0.0944. The van der Waals surface area contributed by atoms with Crippen LogP contribution in [0.25, 0.3) is 0 Å². The van der Waals surface area contributed by atoms with E-state index in [0.717, 1.165) is 31.0 Å². The second-order valence-corrected chi connectivity index (χ2v) is 9.32. The molecule has 2 aliphatic heterocycles. The predicted octanol–water partition coefficient (Wildman–Crippen LogP) is 5.49. The van der Waals surface area contributed by atoms with Crippen molar-refractivity contribution in [3.05, 3.63) is 51.0 Å². The fraction of sp³-hybridized carbons (Fsp3) is 0.476. The van der Waals surface area contributed by atoms with Crippen LogP contribution in [0.1, 0.15) is 44.0 Å². The maximum Gasteiger partial charge on any atom is 0.192 e. The van der Waals surface area contributed by atoms with Gasteiger partial charge in [-0.1, -0.05) is 44.1 Å². The molecule has 0 radical (unpaired) electrons. The summed E-state index contributed by atoms with van der Waals surface area (Å²) in [4.78, 5) is 16.3. The van der Waals surface area contributed by atoms with Gasteiger partial charge in [0, 0.05) is 35.4 Å². The number of allylic oxidation sites excluding steroid dienone is 2. The number of thioether (sulfide) groups is 1. The monoisotopic (exact) mass is 407 g/mol. The fourth-order valence-electron chi connectivity index (χ4n) is 3.07. The molecule has 0 saturated carbocycles. The molecule has 0 aliphatic carbocycles. The molecule has 27 heavy (non-hydrogen) atoms. The molecule has 1 aromatic rings. The Balaban J connectivity index is 1.88. The van der Waals surface area contributed by atoms with Gasteiger partial charge in [-0.25, -0.2) is 0 Å². The summed E-state index contributed by atoms with van der Waals surface area (Å²) in [6.45, 7) is 8.13. The first-order valence-corrected chi connectivity index (χ1v) is 10.4. The summed E-state index contributed by atoms with van der Waals surface area (Å²) < 4.78 is 11.1. The number of carbonyl (C=O) groups excluding carboxylic acids is 1. The molecule has 0 amide bonds. The first-order valence-electron chi connectivity index (χ1n) is 9.16. The van der Waals surface area contributed by atoms with Crippen LogP contribution in [0.2, 0.25) is 5.02 Å². The maximum atomic E-state index is 13.0. The van der Waals surface area contributed by atoms with E-state index in [1.807, 2.05) is 0 Å². The Morgan fingerprint density at radius 1 is 1.44 bits per heavy atom. The first-order chi connectivity index (χ1) is 12.8. The second-order valence-electron chi connectivity index (χ2n) is 7.82. The maximum absolute atomic E-state index is 13.0. The Morgan fingerprint density at radius 3 is 2.85 bits per heavy atom. The topological polar surface area (TPSA) is 38.8 Å². The molecule has 146 valence electrons. The summed E-state index contributed by atoms with van der Waals surface area (Å²) in [5.74, 6) is 0.414. The molecule has 2 heterocycles. The number of halogens is 1. The highest BCUT2D eigenvalue weighted by Gasteiger charge is 2.30. The number of methoxy groups -OCH3 is 1. The van der Waals surface area contributed by atoms with Crippen LogP contribution < -0.4 is 4.74 Å². The summed E-state index contributed by atoms with van der Waals surface area (Å²) in [6.07, 6.45) is 6.20. The molecular formula is C21H26ClNO3S. The van der Waals surface area contributed by atoms with E-state index in [1.165, 1.54) is 4.91 Å². The molecule has 0 spiro atoms. The lowest BCUT2D eigenvalue weighted by Crippen LogP contribution is -2.25. The van der Waals surface area contributed by atoms with E-state index in [1.54, 1.807) is 43.1 Å². The molecule has 4 nitrogen and oxygen atoms in total. The zero-order valence-corrected chi connectivity index (χ0v) is 17.8. The van der Waals surface area contributed by atoms with Crippen molar-refractivity contribution in [1.82, 2.24) is 4.90 Å². The van der Waals surface area contributed by atoms with E-state index in [0.29, 0.717) is 16.3 Å². The normalized spacial score (nSPS) is 21.7. The summed E-state index contributed by atoms with van der Waals surface area (Å²) in [7, 11) is 1.56. The minimum Gasteiger partial charge on any atom is -0.496 e. The number of ketones is 1. The highest BCUT2D eigenvalue weighted by Crippen LogP contribution is 2.46. The molecule has 0 aromatic heterocycles. The van der Waals surface area contributed by atoms with Crippen LogP contribution in [-0.4, -0.2) is 37.0 Å². The van der Waals surface area contributed by atoms with Gasteiger partial charge >= 0.3 is 0 Å². The number of ether oxygens (including phenoxy) is 2. The highest BCUT2D eigenvalue weighted by molar-refractivity contribution is 8.07. The minimum atomic E-state index is -0.113. The van der Waals surface area contributed by atoms with Crippen molar-refractivity contribution >= 4 is 29.1 Å². The first kappa shape index (κ1) is 20.3. The van der Waals surface area contributed by atoms with Crippen LogP contribution in [-0.2, 0) is 4.74 Å². The lowest BCUT2D eigenvalue weighted by atomic mass is 9.96. The van der Waals surface area contributed by atoms with Crippen LogP contribution in [0.3, 0.4) is 0 Å². The van der Waals surface area contributed by atoms with Gasteiger partial charge in [0.2, 0.25) is 0 Å². The molecule has 0 bridgehead atoms. The third-order valence-corrected chi connectivity index (χ3v) is 6.35. The standard InChI is InChI=1S/C21H26ClNO3S/c1-21(2,3)19-13-23(12-15-6-5-9-26-15)20(27-19)11-17(24)16-10-14(22)7-8-18(16)25-4/h7-8,10-11,13,15H,5-6,9,12H2,1-4H3. The van der Waals surface area contributed by atoms with E-state index < -0.39 is 0 Å². The average Bonchev–Trinajstić information content (AvgIpc) is 3.25. The molecule has 1 saturated heterocycles. The molecule has 0 N–H and O–H groups in total. The predicted molar refractivity (Wildman–Crippen MR) is 111 cm³/mol. The van der Waals surface area contributed by atoms with Crippen molar-refractivity contribution in [2.24, 2.45) is 5.41 Å². The number of hydrogen-bond acceptors (Lipinski definition) is 5. The number of benzene rings is 1. The third kappa shape index (κ3) is 4.89. The van der Waals surface area contributed by atoms with Gasteiger partial charge in [0.1, 0.15) is 5.75 Å². The molecule has 3 rings (SSSR count). The zero-order chi connectivity index (χ0) is 19.6. The third-order valence-electron chi connectivity index (χ3n) is 4.62. The van der Waals surface area contributed by atoms with Gasteiger partial charge in [-0.2, -0.15) is 0 Å². The van der Waals surface area contributed by atoms with Crippen LogP contribution in [0, 0.1) is 5.41 Å². The molecular weight excluding hydrogens is 382 g/mol. The lowest BCUT2D eigenvalue weighted by Gasteiger charge is -2.21. The summed E-state index contributed by atoms with van der Waals surface area (Å²) in [6, 6.07) is 5.10. The zero-order valence-electron chi connectivity index (χ0n) is 16.3. The van der Waals surface area contributed by atoms with Crippen LogP contribution in [0.4, 0.5) is 0 Å². The van der Waals surface area contributed by atoms with E-state index in [9.17, 15) is 4.79 Å². The molecule has 1 unspecified atom stereocenters. The van der Waals surface area contributed by atoms with Crippen molar-refractivity contribution in [2.75, 3.05) is 20.3 Å². The van der Waals surface area contributed by atoms with Crippen molar-refractivity contribution in [2.45, 2.75) is 39.7 Å². The van der Waals surface area contributed by atoms with Gasteiger partial charge in [-0.15, -0.1) is 0 Å². The SMILES string of the molecule is COc1ccc(Cl)cc1C(=O)C=C1SC(C(C)(C)C)=CN1CC1CCCO1. The highest BCUT2D eigenvalue weighted by atomic mass is 35.5. The van der Waals surface area contributed by atoms with Gasteiger partial charge in [-0.05, 0) is 36.5 Å². The van der Waals surface area contributed by atoms with Crippen molar-refractivity contribution in [3.63, 3.8) is 0 Å². The van der Waals surface area contributed by atoms with Crippen LogP contribution in [0.15, 0.2) is 40.4 Å². The Hall–Kier alpha value is -1.43. The van der Waals surface area contributed by atoms with Crippen LogP contribution >= 0.6 is 23.4 Å². The number of nitrogens with zero attached hydrogens (tertiary/aromatic N) is 1. The molecule has 2 aliphatic rings. The largest absolute Gasteiger partial charge is 0.496 e. The van der Waals surface area contributed by atoms with Gasteiger partial charge in [0.05, 0.1) is 23.8 Å². The van der Waals surface area contributed by atoms with Crippen molar-refractivity contribution in [1.29, 1.82) is 0 Å². The van der Waals surface area contributed by atoms with Gasteiger partial charge in [-0.3, -0.25) is 4.79 Å². The summed E-state index contributed by atoms with van der Waals surface area (Å²) >= 11 is 7.74. The Bertz CT molecular complexity index is 776. The summed E-state index contributed by atoms with van der Waals surface area (Å²) in [5.41, 5.74) is 0.491. The second kappa shape index (κ2) is 8.29. The van der Waals surface area contributed by atoms with E-state index in [2.05, 4.69) is 31.9 Å². The van der Waals surface area contributed by atoms with Gasteiger partial charge in [0.25, 0.3) is 0 Å².